The predicted octanol–water partition coefficient (Wildman–Crippen LogP) is 5.12. The molecule has 9 heteroatoms. The van der Waals surface area contributed by atoms with Gasteiger partial charge < -0.3 is 20.7 Å². The van der Waals surface area contributed by atoms with Gasteiger partial charge in [0.1, 0.15) is 21.2 Å². The maximum Gasteiger partial charge on any atom is 0.326 e. The zero-order valence-corrected chi connectivity index (χ0v) is 20.3. The molecule has 1 saturated heterocycles. The van der Waals surface area contributed by atoms with Gasteiger partial charge in [0.15, 0.2) is 0 Å². The summed E-state index contributed by atoms with van der Waals surface area (Å²) in [6, 6.07) is 18.9. The quantitative estimate of drug-likeness (QED) is 0.342. The third kappa shape index (κ3) is 4.38. The standard InChI is InChI=1S/C27H25N5O3S/c33-25(30-18-5-4-13-28-15-18)24-23-22-21(12-14-29-26(22)36-24)32(27(34)31-23)16-17-8-10-20(11-9-17)35-19-6-2-1-3-7-19/h1-3,6-12,14,18,28H,4-5,13,15-16H2,(H,30,33)(H,31,34)/t18-/m1/s1. The van der Waals surface area contributed by atoms with Crippen molar-refractivity contribution >= 4 is 44.9 Å². The van der Waals surface area contributed by atoms with Crippen LogP contribution in [-0.4, -0.2) is 36.1 Å². The minimum absolute atomic E-state index is 0.0840. The van der Waals surface area contributed by atoms with Crippen LogP contribution in [-0.2, 0) is 6.54 Å². The van der Waals surface area contributed by atoms with Crippen molar-refractivity contribution in [2.24, 2.45) is 0 Å². The molecular formula is C27H25N5O3S. The summed E-state index contributed by atoms with van der Waals surface area (Å²) in [6.07, 6.45) is 3.66. The number of carbonyl (C=O) groups is 2. The number of amides is 3. The molecule has 2 aliphatic rings. The minimum Gasteiger partial charge on any atom is -0.457 e. The zero-order valence-electron chi connectivity index (χ0n) is 19.5. The molecule has 3 amide bonds. The minimum atomic E-state index is -0.272. The summed E-state index contributed by atoms with van der Waals surface area (Å²) < 4.78 is 5.88. The number of nitrogens with zero attached hydrogens (tertiary/aromatic N) is 2. The van der Waals surface area contributed by atoms with Crippen molar-refractivity contribution in [2.45, 2.75) is 25.4 Å². The molecule has 2 aliphatic heterocycles. The number of carbonyl (C=O) groups excluding carboxylic acids is 2. The van der Waals surface area contributed by atoms with Crippen LogP contribution in [0.2, 0.25) is 0 Å². The van der Waals surface area contributed by atoms with Gasteiger partial charge in [0.2, 0.25) is 0 Å². The maximum atomic E-state index is 13.2. The Hall–Kier alpha value is -3.95. The lowest BCUT2D eigenvalue weighted by atomic mass is 10.1. The van der Waals surface area contributed by atoms with E-state index in [1.54, 1.807) is 11.1 Å². The second-order valence-electron chi connectivity index (χ2n) is 8.91. The van der Waals surface area contributed by atoms with E-state index < -0.39 is 0 Å². The molecule has 2 aromatic carbocycles. The number of thiophene rings is 1. The summed E-state index contributed by atoms with van der Waals surface area (Å²) in [6.45, 7) is 2.11. The first kappa shape index (κ1) is 22.5. The van der Waals surface area contributed by atoms with Crippen molar-refractivity contribution in [3.63, 3.8) is 0 Å². The van der Waals surface area contributed by atoms with E-state index in [9.17, 15) is 9.59 Å². The van der Waals surface area contributed by atoms with Crippen molar-refractivity contribution in [3.05, 3.63) is 77.3 Å². The molecule has 4 aromatic rings. The molecule has 0 aliphatic carbocycles. The first-order chi connectivity index (χ1) is 17.7. The second kappa shape index (κ2) is 9.60. The fourth-order valence-electron chi connectivity index (χ4n) is 4.65. The molecule has 2 aromatic heterocycles. The van der Waals surface area contributed by atoms with Gasteiger partial charge in [-0.05, 0) is 55.3 Å². The van der Waals surface area contributed by atoms with Crippen LogP contribution in [0, 0.1) is 0 Å². The van der Waals surface area contributed by atoms with E-state index in [0.29, 0.717) is 17.1 Å². The van der Waals surface area contributed by atoms with Crippen LogP contribution in [0.3, 0.4) is 0 Å². The zero-order chi connectivity index (χ0) is 24.5. The molecule has 0 bridgehead atoms. The van der Waals surface area contributed by atoms with Gasteiger partial charge in [-0.15, -0.1) is 11.3 Å². The molecule has 0 saturated carbocycles. The summed E-state index contributed by atoms with van der Waals surface area (Å²) in [5, 5.41) is 10.2. The molecule has 182 valence electrons. The van der Waals surface area contributed by atoms with Gasteiger partial charge in [-0.25, -0.2) is 9.78 Å². The number of ether oxygens (including phenoxy) is 1. The monoisotopic (exact) mass is 499 g/mol. The van der Waals surface area contributed by atoms with E-state index in [-0.39, 0.29) is 18.0 Å². The second-order valence-corrected chi connectivity index (χ2v) is 9.91. The number of hydrogen-bond acceptors (Lipinski definition) is 6. The van der Waals surface area contributed by atoms with Crippen LogP contribution in [0.25, 0.3) is 10.2 Å². The van der Waals surface area contributed by atoms with Crippen molar-refractivity contribution in [1.29, 1.82) is 0 Å². The maximum absolute atomic E-state index is 13.2. The molecule has 8 nitrogen and oxygen atoms in total. The third-order valence-electron chi connectivity index (χ3n) is 6.42. The number of aromatic nitrogens is 1. The van der Waals surface area contributed by atoms with Gasteiger partial charge in [-0.3, -0.25) is 9.69 Å². The number of piperidine rings is 1. The molecule has 1 atom stereocenters. The van der Waals surface area contributed by atoms with Crippen molar-refractivity contribution < 1.29 is 14.3 Å². The van der Waals surface area contributed by atoms with Gasteiger partial charge in [-0.2, -0.15) is 0 Å². The molecule has 3 N–H and O–H groups in total. The predicted molar refractivity (Wildman–Crippen MR) is 141 cm³/mol. The highest BCUT2D eigenvalue weighted by molar-refractivity contribution is 7.21. The van der Waals surface area contributed by atoms with Crippen LogP contribution in [0.4, 0.5) is 16.2 Å². The average Bonchev–Trinajstić information content (AvgIpc) is 3.28. The lowest BCUT2D eigenvalue weighted by molar-refractivity contribution is 0.0935. The summed E-state index contributed by atoms with van der Waals surface area (Å²) in [5.74, 6) is 1.32. The number of urea groups is 1. The van der Waals surface area contributed by atoms with E-state index in [0.717, 1.165) is 58.9 Å². The van der Waals surface area contributed by atoms with Crippen LogP contribution >= 0.6 is 11.3 Å². The first-order valence-corrected chi connectivity index (χ1v) is 12.8. The number of pyridine rings is 1. The van der Waals surface area contributed by atoms with Crippen molar-refractivity contribution in [2.75, 3.05) is 23.3 Å². The van der Waals surface area contributed by atoms with E-state index in [1.165, 1.54) is 11.3 Å². The largest absolute Gasteiger partial charge is 0.457 e. The van der Waals surface area contributed by atoms with Crippen molar-refractivity contribution in [1.82, 2.24) is 15.6 Å². The lowest BCUT2D eigenvalue weighted by Gasteiger charge is -2.28. The van der Waals surface area contributed by atoms with E-state index in [1.807, 2.05) is 60.7 Å². The summed E-state index contributed by atoms with van der Waals surface area (Å²) >= 11 is 1.31. The first-order valence-electron chi connectivity index (χ1n) is 12.0. The molecule has 6 rings (SSSR count). The Balaban J connectivity index is 1.24. The van der Waals surface area contributed by atoms with Crippen LogP contribution in [0.5, 0.6) is 11.5 Å². The smallest absolute Gasteiger partial charge is 0.326 e. The van der Waals surface area contributed by atoms with E-state index >= 15 is 0 Å². The normalized spacial score (nSPS) is 17.1. The fraction of sp³-hybridized carbons (Fsp3) is 0.222. The Morgan fingerprint density at radius 2 is 1.92 bits per heavy atom. The van der Waals surface area contributed by atoms with Gasteiger partial charge in [0, 0.05) is 18.8 Å². The Bertz CT molecular complexity index is 1410. The topological polar surface area (TPSA) is 95.6 Å². The SMILES string of the molecule is O=C(N[C@@H]1CCCNC1)c1sc2nccc3c2c1NC(=O)N3Cc1ccc(Oc2ccccc2)cc1. The summed E-state index contributed by atoms with van der Waals surface area (Å²) in [5.41, 5.74) is 2.25. The summed E-state index contributed by atoms with van der Waals surface area (Å²) in [7, 11) is 0. The van der Waals surface area contributed by atoms with Gasteiger partial charge in [0.05, 0.1) is 23.3 Å². The Kier molecular flexibility index (Phi) is 6.00. The van der Waals surface area contributed by atoms with E-state index in [2.05, 4.69) is 20.9 Å². The average molecular weight is 500 g/mol. The number of benzene rings is 2. The lowest BCUT2D eigenvalue weighted by Crippen LogP contribution is -2.45. The van der Waals surface area contributed by atoms with Crippen LogP contribution in [0.15, 0.2) is 66.9 Å². The van der Waals surface area contributed by atoms with Crippen LogP contribution in [0.1, 0.15) is 28.1 Å². The number of hydrogen-bond donors (Lipinski definition) is 3. The molecule has 0 radical (unpaired) electrons. The molecule has 0 spiro atoms. The van der Waals surface area contributed by atoms with Gasteiger partial charge in [0.25, 0.3) is 5.91 Å². The molecular weight excluding hydrogens is 474 g/mol. The van der Waals surface area contributed by atoms with Gasteiger partial charge >= 0.3 is 6.03 Å². The Morgan fingerprint density at radius 1 is 1.11 bits per heavy atom. The van der Waals surface area contributed by atoms with Gasteiger partial charge in [-0.1, -0.05) is 30.3 Å². The number of rotatable bonds is 6. The van der Waals surface area contributed by atoms with Crippen LogP contribution < -0.4 is 25.6 Å². The highest BCUT2D eigenvalue weighted by Crippen LogP contribution is 2.44. The Labute approximate surface area is 212 Å². The third-order valence-corrected chi connectivity index (χ3v) is 7.52. The Morgan fingerprint density at radius 3 is 2.69 bits per heavy atom. The number of para-hydroxylation sites is 1. The van der Waals surface area contributed by atoms with E-state index in [4.69, 9.17) is 4.74 Å². The number of anilines is 2. The molecule has 1 fully saturated rings. The highest BCUT2D eigenvalue weighted by Gasteiger charge is 2.32. The fourth-order valence-corrected chi connectivity index (χ4v) is 5.67. The number of nitrogens with one attached hydrogen (secondary N) is 3. The molecule has 4 heterocycles. The summed E-state index contributed by atoms with van der Waals surface area (Å²) in [4.78, 5) is 33.7. The van der Waals surface area contributed by atoms with Crippen molar-refractivity contribution in [3.8, 4) is 11.5 Å². The highest BCUT2D eigenvalue weighted by atomic mass is 32.1. The molecule has 0 unspecified atom stereocenters. The molecule has 36 heavy (non-hydrogen) atoms.